The van der Waals surface area contributed by atoms with Crippen molar-refractivity contribution in [3.63, 3.8) is 0 Å². The third-order valence-electron chi connectivity index (χ3n) is 4.20. The van der Waals surface area contributed by atoms with Crippen molar-refractivity contribution in [2.75, 3.05) is 7.11 Å². The summed E-state index contributed by atoms with van der Waals surface area (Å²) < 4.78 is 6.28. The molecule has 106 valence electrons. The van der Waals surface area contributed by atoms with E-state index >= 15 is 0 Å². The van der Waals surface area contributed by atoms with Gasteiger partial charge in [-0.05, 0) is 59.3 Å². The van der Waals surface area contributed by atoms with E-state index in [1.54, 1.807) is 7.11 Å². The summed E-state index contributed by atoms with van der Waals surface area (Å²) in [4.78, 5) is 0. The Hall–Kier alpha value is -0.540. The molecular weight excluding hydrogens is 302 g/mol. The van der Waals surface area contributed by atoms with Gasteiger partial charge in [0, 0.05) is 12.6 Å². The van der Waals surface area contributed by atoms with Gasteiger partial charge in [0.25, 0.3) is 0 Å². The molecule has 0 saturated heterocycles. The summed E-state index contributed by atoms with van der Waals surface area (Å²) in [5.74, 6) is 1.75. The molecule has 0 spiro atoms. The highest BCUT2D eigenvalue weighted by molar-refractivity contribution is 9.10. The van der Waals surface area contributed by atoms with Crippen LogP contribution in [0.5, 0.6) is 5.75 Å². The van der Waals surface area contributed by atoms with E-state index in [0.29, 0.717) is 6.04 Å². The first-order valence-corrected chi connectivity index (χ1v) is 8.06. The van der Waals surface area contributed by atoms with Gasteiger partial charge >= 0.3 is 0 Å². The Morgan fingerprint density at radius 2 is 2.05 bits per heavy atom. The van der Waals surface area contributed by atoms with E-state index in [0.717, 1.165) is 22.7 Å². The number of methoxy groups -OCH3 is 1. The fraction of sp³-hybridized carbons (Fsp3) is 0.625. The maximum absolute atomic E-state index is 5.25. The van der Waals surface area contributed by atoms with Crippen LogP contribution >= 0.6 is 15.9 Å². The van der Waals surface area contributed by atoms with Gasteiger partial charge in [-0.15, -0.1) is 0 Å². The average molecular weight is 326 g/mol. The van der Waals surface area contributed by atoms with E-state index < -0.39 is 0 Å². The van der Waals surface area contributed by atoms with Crippen molar-refractivity contribution < 1.29 is 4.74 Å². The molecule has 1 N–H and O–H groups in total. The normalized spacial score (nSPS) is 18.3. The molecule has 1 saturated carbocycles. The number of halogens is 1. The van der Waals surface area contributed by atoms with E-state index in [-0.39, 0.29) is 0 Å². The molecule has 1 fully saturated rings. The molecule has 19 heavy (non-hydrogen) atoms. The second kappa shape index (κ2) is 7.30. The minimum Gasteiger partial charge on any atom is -0.496 e. The van der Waals surface area contributed by atoms with Gasteiger partial charge in [0.2, 0.25) is 0 Å². The first-order chi connectivity index (χ1) is 9.20. The van der Waals surface area contributed by atoms with E-state index in [1.165, 1.54) is 37.7 Å². The van der Waals surface area contributed by atoms with Crippen LogP contribution < -0.4 is 10.1 Å². The maximum Gasteiger partial charge on any atom is 0.133 e. The minimum atomic E-state index is 0.612. The van der Waals surface area contributed by atoms with Crippen molar-refractivity contribution >= 4 is 15.9 Å². The topological polar surface area (TPSA) is 21.3 Å². The van der Waals surface area contributed by atoms with Crippen molar-refractivity contribution in [2.24, 2.45) is 5.92 Å². The van der Waals surface area contributed by atoms with Crippen LogP contribution in [0.25, 0.3) is 0 Å². The molecular formula is C16H24BrNO. The smallest absolute Gasteiger partial charge is 0.133 e. The van der Waals surface area contributed by atoms with Crippen LogP contribution in [0.4, 0.5) is 0 Å². The molecule has 0 amide bonds. The first-order valence-electron chi connectivity index (χ1n) is 7.26. The van der Waals surface area contributed by atoms with Gasteiger partial charge in [-0.2, -0.15) is 0 Å². The Balaban J connectivity index is 1.85. The number of hydrogen-bond acceptors (Lipinski definition) is 2. The highest BCUT2D eigenvalue weighted by Crippen LogP contribution is 2.27. The van der Waals surface area contributed by atoms with Gasteiger partial charge in [0.1, 0.15) is 5.75 Å². The molecule has 0 radical (unpaired) electrons. The van der Waals surface area contributed by atoms with Crippen LogP contribution in [0.2, 0.25) is 0 Å². The summed E-state index contributed by atoms with van der Waals surface area (Å²) in [6.07, 6.45) is 7.02. The third-order valence-corrected chi connectivity index (χ3v) is 4.82. The highest BCUT2D eigenvalue weighted by atomic mass is 79.9. The lowest BCUT2D eigenvalue weighted by Gasteiger charge is -2.28. The van der Waals surface area contributed by atoms with Gasteiger partial charge in [-0.25, -0.2) is 0 Å². The van der Waals surface area contributed by atoms with Gasteiger partial charge in [-0.3, -0.25) is 0 Å². The van der Waals surface area contributed by atoms with Crippen LogP contribution in [-0.4, -0.2) is 13.2 Å². The summed E-state index contributed by atoms with van der Waals surface area (Å²) in [6, 6.07) is 6.90. The lowest BCUT2D eigenvalue weighted by molar-refractivity contribution is 0.280. The van der Waals surface area contributed by atoms with E-state index in [1.807, 2.05) is 6.07 Å². The Bertz CT molecular complexity index is 402. The third kappa shape index (κ3) is 4.22. The number of rotatable bonds is 5. The minimum absolute atomic E-state index is 0.612. The quantitative estimate of drug-likeness (QED) is 0.859. The Morgan fingerprint density at radius 3 is 2.68 bits per heavy atom. The molecule has 1 aliphatic carbocycles. The number of ether oxygens (including phenoxy) is 1. The van der Waals surface area contributed by atoms with Crippen LogP contribution in [0, 0.1) is 5.92 Å². The first kappa shape index (κ1) is 14.9. The molecule has 0 aliphatic heterocycles. The fourth-order valence-electron chi connectivity index (χ4n) is 2.90. The van der Waals surface area contributed by atoms with Crippen molar-refractivity contribution in [1.82, 2.24) is 5.32 Å². The predicted molar refractivity (Wildman–Crippen MR) is 83.6 cm³/mol. The monoisotopic (exact) mass is 325 g/mol. The van der Waals surface area contributed by atoms with Gasteiger partial charge in [0.05, 0.1) is 11.6 Å². The molecule has 1 aromatic rings. The van der Waals surface area contributed by atoms with E-state index in [9.17, 15) is 0 Å². The lowest BCUT2D eigenvalue weighted by atomic mass is 9.84. The van der Waals surface area contributed by atoms with Crippen molar-refractivity contribution in [2.45, 2.75) is 51.6 Å². The van der Waals surface area contributed by atoms with E-state index in [4.69, 9.17) is 4.74 Å². The summed E-state index contributed by atoms with van der Waals surface area (Å²) in [5, 5.41) is 3.67. The highest BCUT2D eigenvalue weighted by Gasteiger charge is 2.19. The molecule has 1 unspecified atom stereocenters. The van der Waals surface area contributed by atoms with Crippen LogP contribution in [0.15, 0.2) is 22.7 Å². The second-order valence-electron chi connectivity index (χ2n) is 5.54. The zero-order valence-corrected chi connectivity index (χ0v) is 13.5. The van der Waals surface area contributed by atoms with Gasteiger partial charge < -0.3 is 10.1 Å². The second-order valence-corrected chi connectivity index (χ2v) is 6.39. The van der Waals surface area contributed by atoms with Crippen LogP contribution in [-0.2, 0) is 6.54 Å². The van der Waals surface area contributed by atoms with Crippen LogP contribution in [0.3, 0.4) is 0 Å². The average Bonchev–Trinajstić information content (AvgIpc) is 2.46. The maximum atomic E-state index is 5.25. The zero-order chi connectivity index (χ0) is 13.7. The molecule has 2 rings (SSSR count). The molecule has 0 heterocycles. The van der Waals surface area contributed by atoms with Gasteiger partial charge in [-0.1, -0.05) is 25.3 Å². The van der Waals surface area contributed by atoms with Crippen molar-refractivity contribution in [3.8, 4) is 5.75 Å². The molecule has 1 aromatic carbocycles. The van der Waals surface area contributed by atoms with Crippen molar-refractivity contribution in [1.29, 1.82) is 0 Å². The standard InChI is InChI=1S/C16H24BrNO/c1-12(14-6-4-3-5-7-14)18-11-13-8-9-16(19-2)15(17)10-13/h8-10,12,14,18H,3-7,11H2,1-2H3. The molecule has 0 bridgehead atoms. The molecule has 1 aliphatic rings. The Labute approximate surface area is 125 Å². The zero-order valence-electron chi connectivity index (χ0n) is 11.9. The molecule has 3 heteroatoms. The van der Waals surface area contributed by atoms with Crippen molar-refractivity contribution in [3.05, 3.63) is 28.2 Å². The van der Waals surface area contributed by atoms with E-state index in [2.05, 4.69) is 40.3 Å². The number of hydrogen-bond donors (Lipinski definition) is 1. The number of benzene rings is 1. The largest absolute Gasteiger partial charge is 0.496 e. The molecule has 1 atom stereocenters. The Kier molecular flexibility index (Phi) is 5.71. The number of nitrogens with one attached hydrogen (secondary N) is 1. The summed E-state index contributed by atoms with van der Waals surface area (Å²) >= 11 is 3.54. The predicted octanol–water partition coefficient (Wildman–Crippen LogP) is 4.52. The molecule has 0 aromatic heterocycles. The summed E-state index contributed by atoms with van der Waals surface area (Å²) in [5.41, 5.74) is 1.30. The lowest BCUT2D eigenvalue weighted by Crippen LogP contribution is -2.34. The van der Waals surface area contributed by atoms with Gasteiger partial charge in [0.15, 0.2) is 0 Å². The van der Waals surface area contributed by atoms with Crippen LogP contribution in [0.1, 0.15) is 44.6 Å². The Morgan fingerprint density at radius 1 is 1.32 bits per heavy atom. The fourth-order valence-corrected chi connectivity index (χ4v) is 3.49. The SMILES string of the molecule is COc1ccc(CNC(C)C2CCCCC2)cc1Br. The summed E-state index contributed by atoms with van der Waals surface area (Å²) in [7, 11) is 1.70. The molecule has 2 nitrogen and oxygen atoms in total. The summed E-state index contributed by atoms with van der Waals surface area (Å²) in [6.45, 7) is 3.26.